The molecule has 0 fully saturated rings. The number of ether oxygens (including phenoxy) is 3. The molecule has 0 amide bonds. The average Bonchev–Trinajstić information content (AvgIpc) is 2.43. The van der Waals surface area contributed by atoms with E-state index in [1.165, 1.54) is 0 Å². The fraction of sp³-hybridized carbons (Fsp3) is 0.571. The number of carboxylic acid groups (broad SMARTS) is 2. The van der Waals surface area contributed by atoms with Gasteiger partial charge in [-0.05, 0) is 24.0 Å². The van der Waals surface area contributed by atoms with Crippen molar-refractivity contribution in [1.82, 2.24) is 0 Å². The quantitative estimate of drug-likeness (QED) is 0.281. The summed E-state index contributed by atoms with van der Waals surface area (Å²) in [4.78, 5) is 20.6. The van der Waals surface area contributed by atoms with Crippen molar-refractivity contribution in [1.29, 1.82) is 0 Å². The van der Waals surface area contributed by atoms with E-state index in [0.717, 1.165) is 0 Å². The number of aliphatic carboxylic acids is 2. The zero-order valence-electron chi connectivity index (χ0n) is 11.9. The highest BCUT2D eigenvalue weighted by Crippen LogP contribution is 1.97. The summed E-state index contributed by atoms with van der Waals surface area (Å²) in [6.45, 7) is 8.51. The number of carbonyl (C=O) groups excluding carboxylic acids is 2. The van der Waals surface area contributed by atoms with Gasteiger partial charge in [-0.2, -0.15) is 0 Å². The summed E-state index contributed by atoms with van der Waals surface area (Å²) < 4.78 is 15.5. The van der Waals surface area contributed by atoms with Gasteiger partial charge in [-0.1, -0.05) is 13.2 Å². The van der Waals surface area contributed by atoms with Gasteiger partial charge >= 0.3 is 0 Å². The summed E-state index contributed by atoms with van der Waals surface area (Å²) in [5.74, 6) is -2.54. The van der Waals surface area contributed by atoms with Crippen molar-refractivity contribution in [3.05, 3.63) is 24.3 Å². The highest BCUT2D eigenvalue weighted by Gasteiger charge is 1.97. The van der Waals surface area contributed by atoms with Gasteiger partial charge in [-0.3, -0.25) is 0 Å². The Balaban J connectivity index is 3.23. The molecule has 0 atom stereocenters. The van der Waals surface area contributed by atoms with Crippen molar-refractivity contribution < 1.29 is 34.0 Å². The van der Waals surface area contributed by atoms with E-state index in [9.17, 15) is 19.8 Å². The third-order valence-corrected chi connectivity index (χ3v) is 2.42. The van der Waals surface area contributed by atoms with Gasteiger partial charge in [0.2, 0.25) is 0 Å². The maximum atomic E-state index is 10.3. The molecule has 0 saturated heterocycles. The van der Waals surface area contributed by atoms with E-state index in [1.54, 1.807) is 0 Å². The van der Waals surface area contributed by atoms with Crippen LogP contribution in [0.15, 0.2) is 24.3 Å². The second-order valence-corrected chi connectivity index (χ2v) is 4.12. The average molecular weight is 300 g/mol. The lowest BCUT2D eigenvalue weighted by atomic mass is 10.2. The van der Waals surface area contributed by atoms with Gasteiger partial charge in [0.15, 0.2) is 0 Å². The van der Waals surface area contributed by atoms with Gasteiger partial charge in [0, 0.05) is 0 Å². The Labute approximate surface area is 123 Å². The maximum absolute atomic E-state index is 10.3. The minimum atomic E-state index is -1.27. The monoisotopic (exact) mass is 300 g/mol. The molecule has 0 saturated carbocycles. The first-order valence-corrected chi connectivity index (χ1v) is 6.46. The van der Waals surface area contributed by atoms with E-state index in [0.29, 0.717) is 26.4 Å². The van der Waals surface area contributed by atoms with Crippen LogP contribution in [0.1, 0.15) is 12.8 Å². The predicted octanol–water partition coefficient (Wildman–Crippen LogP) is -1.57. The Morgan fingerprint density at radius 2 is 0.952 bits per heavy atom. The molecule has 120 valence electrons. The highest BCUT2D eigenvalue weighted by molar-refractivity contribution is 5.84. The molecule has 0 spiro atoms. The van der Waals surface area contributed by atoms with Crippen molar-refractivity contribution in [2.24, 2.45) is 0 Å². The molecule has 0 aromatic carbocycles. The van der Waals surface area contributed by atoms with E-state index in [1.807, 2.05) is 0 Å². The number of rotatable bonds is 14. The van der Waals surface area contributed by atoms with E-state index < -0.39 is 11.9 Å². The molecule has 0 aromatic heterocycles. The van der Waals surface area contributed by atoms with Crippen molar-refractivity contribution in [2.75, 3.05) is 39.6 Å². The zero-order valence-corrected chi connectivity index (χ0v) is 11.9. The third-order valence-electron chi connectivity index (χ3n) is 2.42. The van der Waals surface area contributed by atoms with Crippen molar-refractivity contribution in [3.8, 4) is 0 Å². The summed E-state index contributed by atoms with van der Waals surface area (Å²) in [7, 11) is 0. The van der Waals surface area contributed by atoms with Crippen LogP contribution < -0.4 is 10.2 Å². The fourth-order valence-electron chi connectivity index (χ4n) is 1.14. The molecule has 0 aromatic rings. The number of hydrogen-bond acceptors (Lipinski definition) is 7. The molecule has 0 bridgehead atoms. The molecular formula is C14H20O7-2. The first kappa shape index (κ1) is 19.3. The van der Waals surface area contributed by atoms with Crippen LogP contribution in [-0.2, 0) is 23.8 Å². The molecule has 0 aliphatic carbocycles. The minimum Gasteiger partial charge on any atom is -0.545 e. The Bertz CT molecular complexity index is 328. The summed E-state index contributed by atoms with van der Waals surface area (Å²) in [6, 6.07) is 0. The Morgan fingerprint density at radius 1 is 0.667 bits per heavy atom. The lowest BCUT2D eigenvalue weighted by Gasteiger charge is -2.09. The lowest BCUT2D eigenvalue weighted by Crippen LogP contribution is -2.24. The van der Waals surface area contributed by atoms with Gasteiger partial charge < -0.3 is 34.0 Å². The first-order chi connectivity index (χ1) is 9.95. The summed E-state index contributed by atoms with van der Waals surface area (Å²) in [5.41, 5.74) is 0.00457. The minimum absolute atomic E-state index is 0.00228. The molecule has 7 heteroatoms. The fourth-order valence-corrected chi connectivity index (χ4v) is 1.14. The topological polar surface area (TPSA) is 108 Å². The summed E-state index contributed by atoms with van der Waals surface area (Å²) in [6.07, 6.45) is 0.432. The summed E-state index contributed by atoms with van der Waals surface area (Å²) in [5, 5.41) is 20.6. The molecule has 0 aliphatic rings. The Hall–Kier alpha value is -1.70. The van der Waals surface area contributed by atoms with Crippen molar-refractivity contribution in [2.45, 2.75) is 12.8 Å². The van der Waals surface area contributed by atoms with Gasteiger partial charge in [0.1, 0.15) is 0 Å². The SMILES string of the molecule is C=C(CCOCCOCCOCCC(=C)C(=O)[O-])C(=O)[O-]. The van der Waals surface area contributed by atoms with Gasteiger partial charge in [0.25, 0.3) is 0 Å². The Morgan fingerprint density at radius 3 is 1.24 bits per heavy atom. The molecule has 0 rings (SSSR count). The van der Waals surface area contributed by atoms with Gasteiger partial charge in [0.05, 0.1) is 51.6 Å². The van der Waals surface area contributed by atoms with E-state index >= 15 is 0 Å². The van der Waals surface area contributed by atoms with Gasteiger partial charge in [-0.15, -0.1) is 0 Å². The van der Waals surface area contributed by atoms with Crippen LogP contribution in [0, 0.1) is 0 Å². The molecule has 0 aliphatic heterocycles. The van der Waals surface area contributed by atoms with Crippen LogP contribution in [0.4, 0.5) is 0 Å². The van der Waals surface area contributed by atoms with Gasteiger partial charge in [-0.25, -0.2) is 0 Å². The van der Waals surface area contributed by atoms with Crippen molar-refractivity contribution >= 4 is 11.9 Å². The van der Waals surface area contributed by atoms with E-state index in [2.05, 4.69) is 13.2 Å². The maximum Gasteiger partial charge on any atom is 0.0701 e. The van der Waals surface area contributed by atoms with Crippen LogP contribution in [-0.4, -0.2) is 51.6 Å². The summed E-state index contributed by atoms with van der Waals surface area (Å²) >= 11 is 0. The molecule has 0 unspecified atom stereocenters. The van der Waals surface area contributed by atoms with Crippen LogP contribution in [0.2, 0.25) is 0 Å². The van der Waals surface area contributed by atoms with Crippen LogP contribution in [0.3, 0.4) is 0 Å². The lowest BCUT2D eigenvalue weighted by molar-refractivity contribution is -0.300. The highest BCUT2D eigenvalue weighted by atomic mass is 16.5. The second-order valence-electron chi connectivity index (χ2n) is 4.12. The molecule has 0 heterocycles. The van der Waals surface area contributed by atoms with E-state index in [4.69, 9.17) is 14.2 Å². The first-order valence-electron chi connectivity index (χ1n) is 6.46. The molecule has 7 nitrogen and oxygen atoms in total. The molecule has 0 radical (unpaired) electrons. The van der Waals surface area contributed by atoms with Crippen LogP contribution in [0.5, 0.6) is 0 Å². The normalized spacial score (nSPS) is 10.3. The number of carbonyl (C=O) groups is 2. The zero-order chi connectivity index (χ0) is 16.1. The standard InChI is InChI=1S/C14H22O7/c1-11(13(15)16)3-5-19-7-9-21-10-8-20-6-4-12(2)14(17)18/h1-10H2,(H,15,16)(H,17,18)/p-2. The molecular weight excluding hydrogens is 280 g/mol. The van der Waals surface area contributed by atoms with E-state index in [-0.39, 0.29) is 37.2 Å². The number of hydrogen-bond donors (Lipinski definition) is 0. The van der Waals surface area contributed by atoms with Crippen molar-refractivity contribution in [3.63, 3.8) is 0 Å². The molecule has 21 heavy (non-hydrogen) atoms. The third kappa shape index (κ3) is 11.8. The largest absolute Gasteiger partial charge is 0.545 e. The smallest absolute Gasteiger partial charge is 0.0701 e. The van der Waals surface area contributed by atoms with Crippen LogP contribution >= 0.6 is 0 Å². The number of carboxylic acids is 2. The predicted molar refractivity (Wildman–Crippen MR) is 70.0 cm³/mol. The molecule has 0 N–H and O–H groups in total. The van der Waals surface area contributed by atoms with Crippen LogP contribution in [0.25, 0.3) is 0 Å². The Kier molecular flexibility index (Phi) is 11.1. The second kappa shape index (κ2) is 12.1.